The maximum atomic E-state index is 10.7. The standard InChI is InChI=1S/C18H16BrN3O4/c1-12-8-17(26-18(23)24)21-22(12)10-14-9-15(19)2-3-16(14)25-11-13-4-6-20-7-5-13/h2-9H,10-11H2,1H3,(H,23,24). The van der Waals surface area contributed by atoms with E-state index in [4.69, 9.17) is 9.84 Å². The number of carboxylic acid groups (broad SMARTS) is 1. The highest BCUT2D eigenvalue weighted by Gasteiger charge is 2.12. The van der Waals surface area contributed by atoms with E-state index in [2.05, 4.69) is 30.7 Å². The van der Waals surface area contributed by atoms with Crippen molar-refractivity contribution in [3.8, 4) is 11.6 Å². The number of ether oxygens (including phenoxy) is 2. The van der Waals surface area contributed by atoms with Crippen LogP contribution in [0.2, 0.25) is 0 Å². The molecule has 0 spiro atoms. The van der Waals surface area contributed by atoms with E-state index in [-0.39, 0.29) is 5.88 Å². The topological polar surface area (TPSA) is 86.5 Å². The first-order chi connectivity index (χ1) is 12.5. The second-order valence-corrected chi connectivity index (χ2v) is 6.46. The van der Waals surface area contributed by atoms with Crippen LogP contribution in [0.1, 0.15) is 16.8 Å². The van der Waals surface area contributed by atoms with Gasteiger partial charge in [0.25, 0.3) is 0 Å². The van der Waals surface area contributed by atoms with E-state index in [0.717, 1.165) is 27.0 Å². The lowest BCUT2D eigenvalue weighted by molar-refractivity contribution is 0.142. The van der Waals surface area contributed by atoms with Crippen LogP contribution in [0.15, 0.2) is 53.3 Å². The lowest BCUT2D eigenvalue weighted by Gasteiger charge is -2.13. The normalized spacial score (nSPS) is 10.5. The summed E-state index contributed by atoms with van der Waals surface area (Å²) in [5.74, 6) is 0.768. The molecule has 1 aromatic carbocycles. The first-order valence-electron chi connectivity index (χ1n) is 7.76. The van der Waals surface area contributed by atoms with Crippen molar-refractivity contribution >= 4 is 22.1 Å². The summed E-state index contributed by atoms with van der Waals surface area (Å²) in [7, 11) is 0. The zero-order valence-corrected chi connectivity index (χ0v) is 15.5. The fourth-order valence-corrected chi connectivity index (χ4v) is 2.80. The fourth-order valence-electron chi connectivity index (χ4n) is 2.39. The van der Waals surface area contributed by atoms with E-state index >= 15 is 0 Å². The molecule has 0 aliphatic heterocycles. The highest BCUT2D eigenvalue weighted by molar-refractivity contribution is 9.10. The first-order valence-corrected chi connectivity index (χ1v) is 8.56. The molecule has 8 heteroatoms. The fraction of sp³-hybridized carbons (Fsp3) is 0.167. The van der Waals surface area contributed by atoms with Gasteiger partial charge in [-0.3, -0.25) is 9.67 Å². The molecule has 3 rings (SSSR count). The van der Waals surface area contributed by atoms with Crippen molar-refractivity contribution < 1.29 is 19.4 Å². The van der Waals surface area contributed by atoms with Gasteiger partial charge in [-0.1, -0.05) is 15.9 Å². The molecule has 0 unspecified atom stereocenters. The van der Waals surface area contributed by atoms with Crippen LogP contribution in [-0.2, 0) is 13.2 Å². The van der Waals surface area contributed by atoms with Crippen molar-refractivity contribution in [2.24, 2.45) is 0 Å². The summed E-state index contributed by atoms with van der Waals surface area (Å²) in [5, 5.41) is 12.9. The summed E-state index contributed by atoms with van der Waals surface area (Å²) in [6.07, 6.45) is 2.05. The third kappa shape index (κ3) is 4.60. The maximum Gasteiger partial charge on any atom is 0.512 e. The average molecular weight is 418 g/mol. The van der Waals surface area contributed by atoms with Crippen LogP contribution >= 0.6 is 15.9 Å². The molecule has 0 amide bonds. The van der Waals surface area contributed by atoms with E-state index in [9.17, 15) is 4.79 Å². The Kier molecular flexibility index (Phi) is 5.52. The van der Waals surface area contributed by atoms with Crippen molar-refractivity contribution in [2.45, 2.75) is 20.1 Å². The number of hydrogen-bond donors (Lipinski definition) is 1. The van der Waals surface area contributed by atoms with Crippen LogP contribution in [-0.4, -0.2) is 26.0 Å². The van der Waals surface area contributed by atoms with Crippen LogP contribution < -0.4 is 9.47 Å². The number of pyridine rings is 1. The molecule has 0 bridgehead atoms. The van der Waals surface area contributed by atoms with Crippen molar-refractivity contribution in [3.63, 3.8) is 0 Å². The predicted octanol–water partition coefficient (Wildman–Crippen LogP) is 4.03. The van der Waals surface area contributed by atoms with Gasteiger partial charge in [0, 0.05) is 34.2 Å². The molecule has 0 aliphatic carbocycles. The van der Waals surface area contributed by atoms with Gasteiger partial charge in [0.05, 0.1) is 6.54 Å². The summed E-state index contributed by atoms with van der Waals surface area (Å²) in [4.78, 5) is 14.7. The van der Waals surface area contributed by atoms with Crippen LogP contribution in [0.3, 0.4) is 0 Å². The van der Waals surface area contributed by atoms with E-state index < -0.39 is 6.16 Å². The Morgan fingerprint density at radius 2 is 2.00 bits per heavy atom. The molecule has 2 heterocycles. The lowest BCUT2D eigenvalue weighted by atomic mass is 10.2. The minimum absolute atomic E-state index is 0.0456. The number of halogens is 1. The van der Waals surface area contributed by atoms with Gasteiger partial charge in [-0.15, -0.1) is 5.10 Å². The third-order valence-corrected chi connectivity index (χ3v) is 4.13. The van der Waals surface area contributed by atoms with E-state index in [1.54, 1.807) is 23.1 Å². The Morgan fingerprint density at radius 3 is 2.73 bits per heavy atom. The summed E-state index contributed by atoms with van der Waals surface area (Å²) in [6, 6.07) is 11.1. The van der Waals surface area contributed by atoms with Gasteiger partial charge < -0.3 is 14.6 Å². The van der Waals surface area contributed by atoms with E-state index in [1.165, 1.54) is 0 Å². The second kappa shape index (κ2) is 8.01. The second-order valence-electron chi connectivity index (χ2n) is 5.55. The van der Waals surface area contributed by atoms with Crippen molar-refractivity contribution in [3.05, 3.63) is 70.1 Å². The predicted molar refractivity (Wildman–Crippen MR) is 97.4 cm³/mol. The van der Waals surface area contributed by atoms with Crippen LogP contribution in [0.5, 0.6) is 11.6 Å². The quantitative estimate of drug-likeness (QED) is 0.609. The Morgan fingerprint density at radius 1 is 1.23 bits per heavy atom. The molecule has 3 aromatic rings. The first kappa shape index (κ1) is 17.9. The van der Waals surface area contributed by atoms with Gasteiger partial charge in [-0.05, 0) is 42.8 Å². The molecule has 134 valence electrons. The zero-order chi connectivity index (χ0) is 18.5. The molecule has 2 aromatic heterocycles. The Labute approximate surface area is 158 Å². The third-order valence-electron chi connectivity index (χ3n) is 3.64. The van der Waals surface area contributed by atoms with Gasteiger partial charge in [0.2, 0.25) is 5.88 Å². The van der Waals surface area contributed by atoms with Gasteiger partial charge in [0.1, 0.15) is 12.4 Å². The number of hydrogen-bond acceptors (Lipinski definition) is 5. The molecule has 26 heavy (non-hydrogen) atoms. The van der Waals surface area contributed by atoms with Crippen molar-refractivity contribution in [1.82, 2.24) is 14.8 Å². The Bertz CT molecular complexity index is 912. The molecule has 1 N–H and O–H groups in total. The molecule has 0 radical (unpaired) electrons. The van der Waals surface area contributed by atoms with Gasteiger partial charge in [-0.25, -0.2) is 4.79 Å². The summed E-state index contributed by atoms with van der Waals surface area (Å²) in [6.45, 7) is 2.67. The zero-order valence-electron chi connectivity index (χ0n) is 13.9. The number of aryl methyl sites for hydroxylation is 1. The Balaban J connectivity index is 1.80. The molecule has 0 aliphatic rings. The van der Waals surface area contributed by atoms with Crippen LogP contribution in [0, 0.1) is 6.92 Å². The van der Waals surface area contributed by atoms with Crippen LogP contribution in [0.4, 0.5) is 4.79 Å². The molecule has 0 fully saturated rings. The van der Waals surface area contributed by atoms with E-state index in [0.29, 0.717) is 13.2 Å². The highest BCUT2D eigenvalue weighted by atomic mass is 79.9. The molecule has 7 nitrogen and oxygen atoms in total. The Hall–Kier alpha value is -2.87. The molecule has 0 saturated carbocycles. The smallest absolute Gasteiger partial charge is 0.489 e. The summed E-state index contributed by atoms with van der Waals surface area (Å²) < 4.78 is 13.1. The lowest BCUT2D eigenvalue weighted by Crippen LogP contribution is -2.08. The molecule has 0 atom stereocenters. The number of benzene rings is 1. The molecular formula is C18H16BrN3O4. The van der Waals surface area contributed by atoms with Crippen molar-refractivity contribution in [1.29, 1.82) is 0 Å². The SMILES string of the molecule is Cc1cc(OC(=O)O)nn1Cc1cc(Br)ccc1OCc1ccncc1. The number of aromatic nitrogens is 3. The van der Waals surface area contributed by atoms with Gasteiger partial charge >= 0.3 is 6.16 Å². The van der Waals surface area contributed by atoms with Crippen LogP contribution in [0.25, 0.3) is 0 Å². The monoisotopic (exact) mass is 417 g/mol. The minimum atomic E-state index is -1.39. The molecular weight excluding hydrogens is 402 g/mol. The molecule has 0 saturated heterocycles. The van der Waals surface area contributed by atoms with Crippen molar-refractivity contribution in [2.75, 3.05) is 0 Å². The van der Waals surface area contributed by atoms with Gasteiger partial charge in [0.15, 0.2) is 0 Å². The van der Waals surface area contributed by atoms with E-state index in [1.807, 2.05) is 37.3 Å². The number of rotatable bonds is 6. The van der Waals surface area contributed by atoms with Gasteiger partial charge in [-0.2, -0.15) is 0 Å². The maximum absolute atomic E-state index is 10.7. The largest absolute Gasteiger partial charge is 0.512 e. The summed E-state index contributed by atoms with van der Waals surface area (Å²) >= 11 is 3.47. The highest BCUT2D eigenvalue weighted by Crippen LogP contribution is 2.26. The minimum Gasteiger partial charge on any atom is -0.489 e. The number of carbonyl (C=O) groups is 1. The summed E-state index contributed by atoms with van der Waals surface area (Å²) in [5.41, 5.74) is 2.70. The average Bonchev–Trinajstić information content (AvgIpc) is 2.93. The number of nitrogens with zero attached hydrogens (tertiary/aromatic N) is 3.